The Kier molecular flexibility index (Phi) is 7.25. The van der Waals surface area contributed by atoms with Crippen LogP contribution in [-0.4, -0.2) is 37.1 Å². The van der Waals surface area contributed by atoms with Crippen LogP contribution in [0.15, 0.2) is 30.3 Å². The highest BCUT2D eigenvalue weighted by molar-refractivity contribution is 5.16. The lowest BCUT2D eigenvalue weighted by atomic mass is 9.97. The predicted molar refractivity (Wildman–Crippen MR) is 91.7 cm³/mol. The van der Waals surface area contributed by atoms with Crippen LogP contribution in [0.2, 0.25) is 0 Å². The molecule has 21 heavy (non-hydrogen) atoms. The SMILES string of the molecule is CCCCC(CC)CN1CCNC(Cc2ccccc2)C1. The summed E-state index contributed by atoms with van der Waals surface area (Å²) in [6, 6.07) is 11.5. The fourth-order valence-electron chi connectivity index (χ4n) is 3.38. The van der Waals surface area contributed by atoms with Gasteiger partial charge in [-0.15, -0.1) is 0 Å². The highest BCUT2D eigenvalue weighted by Crippen LogP contribution is 2.16. The van der Waals surface area contributed by atoms with Crippen molar-refractivity contribution in [2.45, 2.75) is 52.0 Å². The third kappa shape index (κ3) is 5.80. The van der Waals surface area contributed by atoms with Crippen molar-refractivity contribution in [2.75, 3.05) is 26.2 Å². The zero-order chi connectivity index (χ0) is 14.9. The van der Waals surface area contributed by atoms with Crippen molar-refractivity contribution in [1.29, 1.82) is 0 Å². The van der Waals surface area contributed by atoms with Crippen LogP contribution in [0.3, 0.4) is 0 Å². The summed E-state index contributed by atoms with van der Waals surface area (Å²) in [5.41, 5.74) is 1.45. The van der Waals surface area contributed by atoms with Gasteiger partial charge in [0.25, 0.3) is 0 Å². The quantitative estimate of drug-likeness (QED) is 0.784. The van der Waals surface area contributed by atoms with Crippen molar-refractivity contribution in [3.05, 3.63) is 35.9 Å². The molecular weight excluding hydrogens is 256 g/mol. The number of hydrogen-bond acceptors (Lipinski definition) is 2. The molecule has 2 atom stereocenters. The number of hydrogen-bond donors (Lipinski definition) is 1. The van der Waals surface area contributed by atoms with Crippen LogP contribution < -0.4 is 5.32 Å². The largest absolute Gasteiger partial charge is 0.311 e. The van der Waals surface area contributed by atoms with Gasteiger partial charge in [0.1, 0.15) is 0 Å². The third-order valence-electron chi connectivity index (χ3n) is 4.72. The van der Waals surface area contributed by atoms with Crippen molar-refractivity contribution in [3.63, 3.8) is 0 Å². The zero-order valence-corrected chi connectivity index (χ0v) is 13.9. The van der Waals surface area contributed by atoms with Crippen LogP contribution >= 0.6 is 0 Å². The van der Waals surface area contributed by atoms with Gasteiger partial charge in [0.2, 0.25) is 0 Å². The number of piperazine rings is 1. The molecule has 2 unspecified atom stereocenters. The summed E-state index contributed by atoms with van der Waals surface area (Å²) in [4.78, 5) is 2.69. The number of unbranched alkanes of at least 4 members (excludes halogenated alkanes) is 1. The third-order valence-corrected chi connectivity index (χ3v) is 4.72. The predicted octanol–water partition coefficient (Wildman–Crippen LogP) is 3.72. The number of benzene rings is 1. The minimum absolute atomic E-state index is 0.616. The number of rotatable bonds is 8. The van der Waals surface area contributed by atoms with Gasteiger partial charge in [0, 0.05) is 32.2 Å². The Labute approximate surface area is 130 Å². The van der Waals surface area contributed by atoms with Crippen LogP contribution in [0.5, 0.6) is 0 Å². The van der Waals surface area contributed by atoms with Gasteiger partial charge in [-0.1, -0.05) is 63.4 Å². The van der Waals surface area contributed by atoms with Crippen LogP contribution in [0.25, 0.3) is 0 Å². The molecule has 0 radical (unpaired) electrons. The lowest BCUT2D eigenvalue weighted by Gasteiger charge is -2.36. The molecule has 1 aliphatic heterocycles. The van der Waals surface area contributed by atoms with E-state index in [-0.39, 0.29) is 0 Å². The van der Waals surface area contributed by atoms with Gasteiger partial charge >= 0.3 is 0 Å². The van der Waals surface area contributed by atoms with Gasteiger partial charge in [-0.2, -0.15) is 0 Å². The average molecular weight is 288 g/mol. The van der Waals surface area contributed by atoms with Crippen molar-refractivity contribution in [2.24, 2.45) is 5.92 Å². The summed E-state index contributed by atoms with van der Waals surface area (Å²) in [5.74, 6) is 0.889. The Bertz CT molecular complexity index is 376. The van der Waals surface area contributed by atoms with E-state index in [1.54, 1.807) is 0 Å². The second-order valence-electron chi connectivity index (χ2n) is 6.52. The minimum Gasteiger partial charge on any atom is -0.311 e. The first kappa shape index (κ1) is 16.5. The molecule has 1 fully saturated rings. The van der Waals surface area contributed by atoms with Crippen LogP contribution in [0, 0.1) is 5.92 Å². The molecule has 1 aliphatic rings. The molecule has 1 N–H and O–H groups in total. The van der Waals surface area contributed by atoms with E-state index >= 15 is 0 Å². The highest BCUT2D eigenvalue weighted by atomic mass is 15.2. The molecular formula is C19H32N2. The van der Waals surface area contributed by atoms with E-state index in [9.17, 15) is 0 Å². The maximum atomic E-state index is 3.69. The summed E-state index contributed by atoms with van der Waals surface area (Å²) in [6.07, 6.45) is 6.60. The zero-order valence-electron chi connectivity index (χ0n) is 13.9. The fourth-order valence-corrected chi connectivity index (χ4v) is 3.38. The molecule has 1 saturated heterocycles. The normalized spacial score (nSPS) is 21.3. The van der Waals surface area contributed by atoms with E-state index in [1.165, 1.54) is 50.9 Å². The molecule has 2 heteroatoms. The number of nitrogens with one attached hydrogen (secondary N) is 1. The summed E-state index contributed by atoms with van der Waals surface area (Å²) in [7, 11) is 0. The molecule has 0 bridgehead atoms. The van der Waals surface area contributed by atoms with E-state index in [1.807, 2.05) is 0 Å². The lowest BCUT2D eigenvalue weighted by molar-refractivity contribution is 0.166. The number of nitrogens with zero attached hydrogens (tertiary/aromatic N) is 1. The maximum absolute atomic E-state index is 3.69. The van der Waals surface area contributed by atoms with E-state index in [4.69, 9.17) is 0 Å². The van der Waals surface area contributed by atoms with Crippen molar-refractivity contribution >= 4 is 0 Å². The molecule has 0 aromatic heterocycles. The van der Waals surface area contributed by atoms with Crippen molar-refractivity contribution in [3.8, 4) is 0 Å². The van der Waals surface area contributed by atoms with Gasteiger partial charge in [-0.3, -0.25) is 0 Å². The molecule has 0 aliphatic carbocycles. The van der Waals surface area contributed by atoms with E-state index in [0.717, 1.165) is 18.9 Å². The first-order chi connectivity index (χ1) is 10.3. The molecule has 2 rings (SSSR count). The second-order valence-corrected chi connectivity index (χ2v) is 6.52. The van der Waals surface area contributed by atoms with E-state index < -0.39 is 0 Å². The lowest BCUT2D eigenvalue weighted by Crippen LogP contribution is -2.52. The fraction of sp³-hybridized carbons (Fsp3) is 0.684. The maximum Gasteiger partial charge on any atom is 0.0235 e. The van der Waals surface area contributed by atoms with Gasteiger partial charge in [0.15, 0.2) is 0 Å². The monoisotopic (exact) mass is 288 g/mol. The molecule has 0 saturated carbocycles. The Morgan fingerprint density at radius 1 is 1.24 bits per heavy atom. The molecule has 1 aromatic carbocycles. The minimum atomic E-state index is 0.616. The Hall–Kier alpha value is -0.860. The Morgan fingerprint density at radius 3 is 2.76 bits per heavy atom. The topological polar surface area (TPSA) is 15.3 Å². The summed E-state index contributed by atoms with van der Waals surface area (Å²) < 4.78 is 0. The van der Waals surface area contributed by atoms with Crippen molar-refractivity contribution in [1.82, 2.24) is 10.2 Å². The van der Waals surface area contributed by atoms with Crippen LogP contribution in [0.1, 0.15) is 45.1 Å². The van der Waals surface area contributed by atoms with Gasteiger partial charge in [0.05, 0.1) is 0 Å². The summed E-state index contributed by atoms with van der Waals surface area (Å²) in [5, 5.41) is 3.69. The molecule has 0 amide bonds. The van der Waals surface area contributed by atoms with Gasteiger partial charge in [-0.25, -0.2) is 0 Å². The molecule has 1 heterocycles. The van der Waals surface area contributed by atoms with Crippen LogP contribution in [0.4, 0.5) is 0 Å². The molecule has 118 valence electrons. The highest BCUT2D eigenvalue weighted by Gasteiger charge is 2.21. The first-order valence-corrected chi connectivity index (χ1v) is 8.81. The average Bonchev–Trinajstić information content (AvgIpc) is 2.53. The van der Waals surface area contributed by atoms with Crippen molar-refractivity contribution < 1.29 is 0 Å². The van der Waals surface area contributed by atoms with E-state index in [2.05, 4.69) is 54.4 Å². The molecule has 2 nitrogen and oxygen atoms in total. The van der Waals surface area contributed by atoms with Gasteiger partial charge in [-0.05, 0) is 24.3 Å². The molecule has 1 aromatic rings. The second kappa shape index (κ2) is 9.22. The first-order valence-electron chi connectivity index (χ1n) is 8.81. The Balaban J connectivity index is 1.80. The van der Waals surface area contributed by atoms with Gasteiger partial charge < -0.3 is 10.2 Å². The van der Waals surface area contributed by atoms with E-state index in [0.29, 0.717) is 6.04 Å². The Morgan fingerprint density at radius 2 is 2.05 bits per heavy atom. The standard InChI is InChI=1S/C19H32N2/c1-3-5-9-17(4-2)15-21-13-12-20-19(16-21)14-18-10-7-6-8-11-18/h6-8,10-11,17,19-20H,3-5,9,12-16H2,1-2H3. The summed E-state index contributed by atoms with van der Waals surface area (Å²) >= 11 is 0. The molecule has 0 spiro atoms. The van der Waals surface area contributed by atoms with Crippen LogP contribution in [-0.2, 0) is 6.42 Å². The summed E-state index contributed by atoms with van der Waals surface area (Å²) in [6.45, 7) is 9.51. The smallest absolute Gasteiger partial charge is 0.0235 e.